The zero-order valence-corrected chi connectivity index (χ0v) is 8.98. The minimum absolute atomic E-state index is 0.0101. The summed E-state index contributed by atoms with van der Waals surface area (Å²) in [6.45, 7) is 0.313. The number of rotatable bonds is 6. The van der Waals surface area contributed by atoms with Crippen LogP contribution in [0.4, 0.5) is 16.2 Å². The predicted octanol–water partition coefficient (Wildman–Crippen LogP) is 0.00720. The summed E-state index contributed by atoms with van der Waals surface area (Å²) in [7, 11) is 1.52. The molecule has 4 N–H and O–H groups in total. The van der Waals surface area contributed by atoms with Crippen molar-refractivity contribution < 1.29 is 14.2 Å². The van der Waals surface area contributed by atoms with Crippen LogP contribution in [-0.4, -0.2) is 41.4 Å². The van der Waals surface area contributed by atoms with Crippen molar-refractivity contribution in [3.8, 4) is 0 Å². The highest BCUT2D eigenvalue weighted by atomic mass is 19.1. The monoisotopic (exact) mass is 230 g/mol. The summed E-state index contributed by atoms with van der Waals surface area (Å²) in [6.07, 6.45) is 1.42. The Morgan fingerprint density at radius 3 is 3.06 bits per heavy atom. The highest BCUT2D eigenvalue weighted by molar-refractivity contribution is 5.40. The second-order valence-electron chi connectivity index (χ2n) is 3.23. The van der Waals surface area contributed by atoms with Crippen LogP contribution in [0.2, 0.25) is 0 Å². The van der Waals surface area contributed by atoms with Gasteiger partial charge in [-0.15, -0.1) is 0 Å². The van der Waals surface area contributed by atoms with Gasteiger partial charge in [-0.1, -0.05) is 0 Å². The van der Waals surface area contributed by atoms with Gasteiger partial charge in [0.2, 0.25) is 5.95 Å². The van der Waals surface area contributed by atoms with E-state index in [2.05, 4.69) is 15.3 Å². The molecule has 0 fully saturated rings. The van der Waals surface area contributed by atoms with Crippen molar-refractivity contribution in [2.45, 2.75) is 12.5 Å². The van der Waals surface area contributed by atoms with Crippen molar-refractivity contribution in [2.75, 3.05) is 31.4 Å². The van der Waals surface area contributed by atoms with Crippen molar-refractivity contribution in [3.63, 3.8) is 0 Å². The van der Waals surface area contributed by atoms with Crippen molar-refractivity contribution in [2.24, 2.45) is 0 Å². The van der Waals surface area contributed by atoms with Crippen LogP contribution in [0, 0.1) is 5.82 Å². The highest BCUT2D eigenvalue weighted by Gasteiger charge is 2.12. The maximum Gasteiger partial charge on any atom is 0.222 e. The van der Waals surface area contributed by atoms with Gasteiger partial charge in [0, 0.05) is 13.7 Å². The molecule has 0 aliphatic rings. The summed E-state index contributed by atoms with van der Waals surface area (Å²) >= 11 is 0. The molecule has 0 saturated carbocycles. The Hall–Kier alpha value is -1.47. The lowest BCUT2D eigenvalue weighted by atomic mass is 10.2. The molecule has 0 aliphatic heterocycles. The van der Waals surface area contributed by atoms with Crippen LogP contribution in [0.5, 0.6) is 0 Å². The van der Waals surface area contributed by atoms with Crippen LogP contribution >= 0.6 is 0 Å². The number of hydrogen-bond acceptors (Lipinski definition) is 6. The molecular weight excluding hydrogens is 215 g/mol. The van der Waals surface area contributed by atoms with E-state index >= 15 is 0 Å². The average Bonchev–Trinajstić information content (AvgIpc) is 2.24. The maximum absolute atomic E-state index is 13.3. The van der Waals surface area contributed by atoms with Gasteiger partial charge in [0.25, 0.3) is 0 Å². The molecule has 1 heterocycles. The molecule has 90 valence electrons. The molecule has 1 rings (SSSR count). The highest BCUT2D eigenvalue weighted by Crippen LogP contribution is 2.12. The first-order chi connectivity index (χ1) is 7.67. The number of aromatic nitrogens is 2. The third-order valence-electron chi connectivity index (χ3n) is 1.95. The van der Waals surface area contributed by atoms with Crippen molar-refractivity contribution in [3.05, 3.63) is 12.0 Å². The first kappa shape index (κ1) is 12.6. The molecular formula is C9H15FN4O2. The van der Waals surface area contributed by atoms with E-state index in [1.165, 1.54) is 7.11 Å². The molecule has 16 heavy (non-hydrogen) atoms. The fraction of sp³-hybridized carbons (Fsp3) is 0.556. The van der Waals surface area contributed by atoms with Gasteiger partial charge in [0.05, 0.1) is 18.8 Å². The first-order valence-electron chi connectivity index (χ1n) is 4.81. The largest absolute Gasteiger partial charge is 0.396 e. The van der Waals surface area contributed by atoms with Gasteiger partial charge in [-0.2, -0.15) is 4.98 Å². The Morgan fingerprint density at radius 2 is 2.44 bits per heavy atom. The number of nitrogens with one attached hydrogen (secondary N) is 1. The van der Waals surface area contributed by atoms with E-state index in [9.17, 15) is 4.39 Å². The number of anilines is 2. The molecule has 0 spiro atoms. The van der Waals surface area contributed by atoms with E-state index in [1.807, 2.05) is 0 Å². The van der Waals surface area contributed by atoms with Crippen LogP contribution in [-0.2, 0) is 4.74 Å². The number of aliphatic hydroxyl groups is 1. The van der Waals surface area contributed by atoms with Gasteiger partial charge in [-0.05, 0) is 6.42 Å². The quantitative estimate of drug-likeness (QED) is 0.637. The zero-order valence-electron chi connectivity index (χ0n) is 8.98. The Kier molecular flexibility index (Phi) is 4.87. The zero-order chi connectivity index (χ0) is 12.0. The van der Waals surface area contributed by atoms with E-state index in [4.69, 9.17) is 15.6 Å². The van der Waals surface area contributed by atoms with Gasteiger partial charge in [-0.3, -0.25) is 0 Å². The van der Waals surface area contributed by atoms with E-state index in [0.29, 0.717) is 13.0 Å². The van der Waals surface area contributed by atoms with Crippen LogP contribution in [0.3, 0.4) is 0 Å². The molecule has 1 atom stereocenters. The van der Waals surface area contributed by atoms with Gasteiger partial charge >= 0.3 is 0 Å². The molecule has 0 aromatic carbocycles. The van der Waals surface area contributed by atoms with Crippen LogP contribution in [0.15, 0.2) is 6.20 Å². The molecule has 1 unspecified atom stereocenters. The number of aliphatic hydroxyl groups excluding tert-OH is 1. The minimum atomic E-state index is -0.590. The number of nitrogens with zero attached hydrogens (tertiary/aromatic N) is 2. The van der Waals surface area contributed by atoms with E-state index in [1.54, 1.807) is 0 Å². The second-order valence-corrected chi connectivity index (χ2v) is 3.23. The number of ether oxygens (including phenoxy) is 1. The summed E-state index contributed by atoms with van der Waals surface area (Å²) in [5, 5.41) is 11.6. The average molecular weight is 230 g/mol. The standard InChI is InChI=1S/C9H15FN4O2/c1-16-5-6(2-3-15)13-8-7(10)4-12-9(11)14-8/h4,6,15H,2-3,5H2,1H3,(H3,11,12,13,14). The van der Waals surface area contributed by atoms with E-state index in [-0.39, 0.29) is 24.4 Å². The van der Waals surface area contributed by atoms with Crippen LogP contribution in [0.1, 0.15) is 6.42 Å². The van der Waals surface area contributed by atoms with Gasteiger partial charge < -0.3 is 20.9 Å². The van der Waals surface area contributed by atoms with Gasteiger partial charge in [-0.25, -0.2) is 9.37 Å². The number of hydrogen-bond donors (Lipinski definition) is 3. The van der Waals surface area contributed by atoms with Crippen molar-refractivity contribution >= 4 is 11.8 Å². The van der Waals surface area contributed by atoms with Crippen molar-refractivity contribution in [1.29, 1.82) is 0 Å². The Morgan fingerprint density at radius 1 is 1.69 bits per heavy atom. The molecule has 1 aromatic rings. The molecule has 0 radical (unpaired) electrons. The lowest BCUT2D eigenvalue weighted by molar-refractivity contribution is 0.170. The van der Waals surface area contributed by atoms with Crippen molar-refractivity contribution in [1.82, 2.24) is 9.97 Å². The molecule has 1 aromatic heterocycles. The number of halogens is 1. The number of nitrogen functional groups attached to an aromatic ring is 1. The number of nitrogens with two attached hydrogens (primary N) is 1. The fourth-order valence-corrected chi connectivity index (χ4v) is 1.23. The normalized spacial score (nSPS) is 12.4. The molecule has 7 heteroatoms. The van der Waals surface area contributed by atoms with Crippen LogP contribution in [0.25, 0.3) is 0 Å². The third-order valence-corrected chi connectivity index (χ3v) is 1.95. The Labute approximate surface area is 92.7 Å². The summed E-state index contributed by atoms with van der Waals surface area (Å²) in [4.78, 5) is 7.23. The molecule has 0 aliphatic carbocycles. The maximum atomic E-state index is 13.3. The van der Waals surface area contributed by atoms with E-state index < -0.39 is 5.82 Å². The van der Waals surface area contributed by atoms with E-state index in [0.717, 1.165) is 6.20 Å². The Balaban J connectivity index is 2.71. The van der Waals surface area contributed by atoms with Gasteiger partial charge in [0.15, 0.2) is 11.6 Å². The lowest BCUT2D eigenvalue weighted by Crippen LogP contribution is -2.27. The number of methoxy groups -OCH3 is 1. The summed E-state index contributed by atoms with van der Waals surface area (Å²) < 4.78 is 18.2. The predicted molar refractivity (Wildman–Crippen MR) is 57.4 cm³/mol. The topological polar surface area (TPSA) is 93.3 Å². The van der Waals surface area contributed by atoms with Gasteiger partial charge in [0.1, 0.15) is 0 Å². The Bertz CT molecular complexity index is 331. The third kappa shape index (κ3) is 3.59. The molecule has 0 saturated heterocycles. The fourth-order valence-electron chi connectivity index (χ4n) is 1.23. The molecule has 0 bridgehead atoms. The molecule has 6 nitrogen and oxygen atoms in total. The smallest absolute Gasteiger partial charge is 0.222 e. The van der Waals surface area contributed by atoms with Crippen LogP contribution < -0.4 is 11.1 Å². The SMILES string of the molecule is COCC(CCO)Nc1nc(N)ncc1F. The molecule has 0 amide bonds. The second kappa shape index (κ2) is 6.19. The summed E-state index contributed by atoms with van der Waals surface area (Å²) in [5.74, 6) is -0.583. The lowest BCUT2D eigenvalue weighted by Gasteiger charge is -2.17. The first-order valence-corrected chi connectivity index (χ1v) is 4.81. The minimum Gasteiger partial charge on any atom is -0.396 e. The summed E-state index contributed by atoms with van der Waals surface area (Å²) in [5.41, 5.74) is 5.34. The summed E-state index contributed by atoms with van der Waals surface area (Å²) in [6, 6.07) is -0.223.